The summed E-state index contributed by atoms with van der Waals surface area (Å²) in [7, 11) is 0. The molecule has 0 spiro atoms. The molecule has 0 aliphatic rings. The average molecular weight is 238 g/mol. The third-order valence-electron chi connectivity index (χ3n) is 2.79. The Morgan fingerprint density at radius 1 is 1.17 bits per heavy atom. The van der Waals surface area contributed by atoms with Crippen molar-refractivity contribution in [3.05, 3.63) is 67.0 Å². The summed E-state index contributed by atoms with van der Waals surface area (Å²) in [5.41, 5.74) is 3.31. The van der Waals surface area contributed by atoms with Gasteiger partial charge in [0.15, 0.2) is 0 Å². The number of H-pyrrole nitrogens is 1. The van der Waals surface area contributed by atoms with Crippen LogP contribution in [0.3, 0.4) is 0 Å². The first-order valence-electron chi connectivity index (χ1n) is 5.86. The Labute approximate surface area is 105 Å². The third kappa shape index (κ3) is 2.27. The van der Waals surface area contributed by atoms with Gasteiger partial charge in [-0.1, -0.05) is 6.07 Å². The van der Waals surface area contributed by atoms with E-state index in [2.05, 4.69) is 38.1 Å². The van der Waals surface area contributed by atoms with Crippen molar-refractivity contribution in [2.45, 2.75) is 6.54 Å². The molecular weight excluding hydrogens is 224 g/mol. The van der Waals surface area contributed by atoms with Crippen LogP contribution < -0.4 is 5.32 Å². The normalized spacial score (nSPS) is 10.4. The second-order valence-corrected chi connectivity index (χ2v) is 4.07. The third-order valence-corrected chi connectivity index (χ3v) is 2.79. The van der Waals surface area contributed by atoms with Crippen LogP contribution in [-0.2, 0) is 6.54 Å². The molecule has 0 aliphatic heterocycles. The number of hydrogen-bond donors (Lipinski definition) is 2. The van der Waals surface area contributed by atoms with Gasteiger partial charge in [0, 0.05) is 30.0 Å². The first-order valence-corrected chi connectivity index (χ1v) is 5.86. The van der Waals surface area contributed by atoms with E-state index >= 15 is 0 Å². The Bertz CT molecular complexity index is 597. The standard InChI is InChI=1S/C14H14N4/c1-2-7-18(6-1)14-5-3-4-12(8-14)16-10-13-9-15-11-17-13/h1-9,11,16H,10H2,(H,15,17). The minimum atomic E-state index is 0.745. The fourth-order valence-corrected chi connectivity index (χ4v) is 1.86. The number of hydrogen-bond acceptors (Lipinski definition) is 2. The minimum Gasteiger partial charge on any atom is -0.379 e. The van der Waals surface area contributed by atoms with Crippen LogP contribution in [0.2, 0.25) is 0 Å². The molecule has 0 atom stereocenters. The summed E-state index contributed by atoms with van der Waals surface area (Å²) in [6.45, 7) is 0.745. The molecule has 2 aromatic heterocycles. The van der Waals surface area contributed by atoms with Crippen LogP contribution in [0.15, 0.2) is 61.3 Å². The van der Waals surface area contributed by atoms with Gasteiger partial charge >= 0.3 is 0 Å². The molecule has 0 unspecified atom stereocenters. The molecule has 0 radical (unpaired) electrons. The van der Waals surface area contributed by atoms with Crippen molar-refractivity contribution in [2.75, 3.05) is 5.32 Å². The van der Waals surface area contributed by atoms with Gasteiger partial charge in [-0.3, -0.25) is 0 Å². The van der Waals surface area contributed by atoms with Gasteiger partial charge in [0.2, 0.25) is 0 Å². The number of aromatic amines is 1. The molecule has 0 amide bonds. The Morgan fingerprint density at radius 2 is 2.06 bits per heavy atom. The van der Waals surface area contributed by atoms with Gasteiger partial charge in [0.05, 0.1) is 18.6 Å². The van der Waals surface area contributed by atoms with Crippen LogP contribution in [0, 0.1) is 0 Å². The summed E-state index contributed by atoms with van der Waals surface area (Å²) in [4.78, 5) is 7.06. The number of rotatable bonds is 4. The number of imidazole rings is 1. The minimum absolute atomic E-state index is 0.745. The van der Waals surface area contributed by atoms with E-state index in [4.69, 9.17) is 0 Å². The molecule has 0 saturated heterocycles. The van der Waals surface area contributed by atoms with Crippen molar-refractivity contribution in [1.29, 1.82) is 0 Å². The number of anilines is 1. The van der Waals surface area contributed by atoms with Crippen LogP contribution in [-0.4, -0.2) is 14.5 Å². The van der Waals surface area contributed by atoms with E-state index in [0.29, 0.717) is 0 Å². The summed E-state index contributed by atoms with van der Waals surface area (Å²) in [5, 5.41) is 3.36. The Morgan fingerprint density at radius 3 is 2.83 bits per heavy atom. The van der Waals surface area contributed by atoms with E-state index in [-0.39, 0.29) is 0 Å². The first-order chi connectivity index (χ1) is 8.92. The quantitative estimate of drug-likeness (QED) is 0.734. The van der Waals surface area contributed by atoms with Crippen LogP contribution in [0.5, 0.6) is 0 Å². The van der Waals surface area contributed by atoms with E-state index in [1.54, 1.807) is 6.33 Å². The second kappa shape index (κ2) is 4.79. The maximum absolute atomic E-state index is 3.99. The highest BCUT2D eigenvalue weighted by Gasteiger charge is 1.98. The molecular formula is C14H14N4. The number of benzene rings is 1. The molecule has 90 valence electrons. The smallest absolute Gasteiger partial charge is 0.0922 e. The van der Waals surface area contributed by atoms with E-state index in [1.807, 2.05) is 36.8 Å². The molecule has 4 nitrogen and oxygen atoms in total. The fourth-order valence-electron chi connectivity index (χ4n) is 1.86. The van der Waals surface area contributed by atoms with Crippen molar-refractivity contribution in [3.63, 3.8) is 0 Å². The highest BCUT2D eigenvalue weighted by molar-refractivity contribution is 5.51. The first kappa shape index (κ1) is 10.7. The molecule has 3 aromatic rings. The molecule has 2 heterocycles. The number of nitrogens with zero attached hydrogens (tertiary/aromatic N) is 2. The maximum Gasteiger partial charge on any atom is 0.0922 e. The highest BCUT2D eigenvalue weighted by atomic mass is 15.0. The highest BCUT2D eigenvalue weighted by Crippen LogP contribution is 2.15. The Hall–Kier alpha value is -2.49. The van der Waals surface area contributed by atoms with Crippen molar-refractivity contribution in [1.82, 2.24) is 14.5 Å². The summed E-state index contributed by atoms with van der Waals surface area (Å²) in [6, 6.07) is 12.3. The fraction of sp³-hybridized carbons (Fsp3) is 0.0714. The summed E-state index contributed by atoms with van der Waals surface area (Å²) in [6.07, 6.45) is 7.58. The molecule has 4 heteroatoms. The largest absolute Gasteiger partial charge is 0.379 e. The van der Waals surface area contributed by atoms with E-state index in [9.17, 15) is 0 Å². The molecule has 1 aromatic carbocycles. The van der Waals surface area contributed by atoms with E-state index in [1.165, 1.54) is 0 Å². The zero-order chi connectivity index (χ0) is 12.2. The molecule has 0 saturated carbocycles. The molecule has 0 bridgehead atoms. The lowest BCUT2D eigenvalue weighted by molar-refractivity contribution is 1.06. The number of aromatic nitrogens is 3. The lowest BCUT2D eigenvalue weighted by Gasteiger charge is -2.08. The van der Waals surface area contributed by atoms with Crippen LogP contribution >= 0.6 is 0 Å². The Balaban J connectivity index is 1.75. The van der Waals surface area contributed by atoms with Gasteiger partial charge in [-0.05, 0) is 30.3 Å². The Kier molecular flexibility index (Phi) is 2.84. The van der Waals surface area contributed by atoms with Gasteiger partial charge in [-0.25, -0.2) is 4.98 Å². The van der Waals surface area contributed by atoms with Crippen LogP contribution in [0.4, 0.5) is 5.69 Å². The van der Waals surface area contributed by atoms with Crippen molar-refractivity contribution in [2.24, 2.45) is 0 Å². The van der Waals surface area contributed by atoms with Crippen LogP contribution in [0.1, 0.15) is 5.69 Å². The van der Waals surface area contributed by atoms with Crippen molar-refractivity contribution < 1.29 is 0 Å². The van der Waals surface area contributed by atoms with Gasteiger partial charge in [-0.2, -0.15) is 0 Å². The van der Waals surface area contributed by atoms with Crippen molar-refractivity contribution >= 4 is 5.69 Å². The molecule has 0 fully saturated rings. The zero-order valence-corrected chi connectivity index (χ0v) is 9.88. The van der Waals surface area contributed by atoms with Gasteiger partial charge in [0.1, 0.15) is 0 Å². The monoisotopic (exact) mass is 238 g/mol. The van der Waals surface area contributed by atoms with E-state index < -0.39 is 0 Å². The topological polar surface area (TPSA) is 45.6 Å². The summed E-state index contributed by atoms with van der Waals surface area (Å²) in [5.74, 6) is 0. The van der Waals surface area contributed by atoms with Gasteiger partial charge in [-0.15, -0.1) is 0 Å². The summed E-state index contributed by atoms with van der Waals surface area (Å²) < 4.78 is 2.08. The zero-order valence-electron chi connectivity index (χ0n) is 9.88. The molecule has 18 heavy (non-hydrogen) atoms. The maximum atomic E-state index is 3.99. The lowest BCUT2D eigenvalue weighted by Crippen LogP contribution is -2.00. The SMILES string of the molecule is c1cc(NCc2cnc[nH]2)cc(-n2cccc2)c1. The van der Waals surface area contributed by atoms with E-state index in [0.717, 1.165) is 23.6 Å². The van der Waals surface area contributed by atoms with Gasteiger partial charge in [0.25, 0.3) is 0 Å². The van der Waals surface area contributed by atoms with Gasteiger partial charge < -0.3 is 14.9 Å². The molecule has 2 N–H and O–H groups in total. The number of nitrogens with one attached hydrogen (secondary N) is 2. The second-order valence-electron chi connectivity index (χ2n) is 4.07. The predicted octanol–water partition coefficient (Wildman–Crippen LogP) is 2.81. The molecule has 0 aliphatic carbocycles. The predicted molar refractivity (Wildman–Crippen MR) is 71.7 cm³/mol. The summed E-state index contributed by atoms with van der Waals surface area (Å²) >= 11 is 0. The van der Waals surface area contributed by atoms with Crippen LogP contribution in [0.25, 0.3) is 5.69 Å². The molecule has 3 rings (SSSR count). The lowest BCUT2D eigenvalue weighted by atomic mass is 10.2. The van der Waals surface area contributed by atoms with Crippen molar-refractivity contribution in [3.8, 4) is 5.69 Å². The average Bonchev–Trinajstić information content (AvgIpc) is 3.10.